The van der Waals surface area contributed by atoms with Crippen molar-refractivity contribution in [3.05, 3.63) is 42.1 Å². The van der Waals surface area contributed by atoms with Gasteiger partial charge in [-0.25, -0.2) is 0 Å². The molecule has 0 bridgehead atoms. The van der Waals surface area contributed by atoms with Gasteiger partial charge in [-0.1, -0.05) is 0 Å². The first kappa shape index (κ1) is 9.52. The van der Waals surface area contributed by atoms with E-state index in [-0.39, 0.29) is 0 Å². The van der Waals surface area contributed by atoms with Crippen molar-refractivity contribution in [3.63, 3.8) is 0 Å². The molecule has 0 atom stereocenters. The Morgan fingerprint density at radius 2 is 1.87 bits per heavy atom. The lowest BCUT2D eigenvalue weighted by molar-refractivity contribution is 0.111. The number of carbonyl (C=O) groups excluding carboxylic acids is 1. The molecule has 3 heteroatoms. The van der Waals surface area contributed by atoms with Gasteiger partial charge in [0.1, 0.15) is 5.75 Å². The van der Waals surface area contributed by atoms with Crippen molar-refractivity contribution in [3.8, 4) is 17.0 Å². The summed E-state index contributed by atoms with van der Waals surface area (Å²) in [5, 5.41) is 0. The zero-order chi connectivity index (χ0) is 10.7. The average molecular weight is 201 g/mol. The number of aromatic nitrogens is 1. The summed E-state index contributed by atoms with van der Waals surface area (Å²) in [7, 11) is 1.63. The van der Waals surface area contributed by atoms with Crippen molar-refractivity contribution >= 4 is 6.29 Å². The first-order valence-corrected chi connectivity index (χ1v) is 4.62. The second-order valence-electron chi connectivity index (χ2n) is 3.17. The quantitative estimate of drug-likeness (QED) is 0.775. The lowest BCUT2D eigenvalue weighted by Gasteiger charge is -2.01. The molecule has 15 heavy (non-hydrogen) atoms. The molecule has 1 N–H and O–H groups in total. The van der Waals surface area contributed by atoms with E-state index in [4.69, 9.17) is 4.74 Å². The zero-order valence-electron chi connectivity index (χ0n) is 8.36. The van der Waals surface area contributed by atoms with Gasteiger partial charge in [-0.3, -0.25) is 4.79 Å². The van der Waals surface area contributed by atoms with E-state index in [2.05, 4.69) is 4.98 Å². The molecule has 0 aliphatic heterocycles. The highest BCUT2D eigenvalue weighted by atomic mass is 16.5. The predicted molar refractivity (Wildman–Crippen MR) is 58.2 cm³/mol. The van der Waals surface area contributed by atoms with Crippen LogP contribution in [0.3, 0.4) is 0 Å². The molecule has 3 nitrogen and oxygen atoms in total. The first-order valence-electron chi connectivity index (χ1n) is 4.62. The summed E-state index contributed by atoms with van der Waals surface area (Å²) >= 11 is 0. The summed E-state index contributed by atoms with van der Waals surface area (Å²) in [6.45, 7) is 0. The molecular weight excluding hydrogens is 190 g/mol. The fourth-order valence-electron chi connectivity index (χ4n) is 1.42. The molecule has 2 rings (SSSR count). The number of aromatic amines is 1. The standard InChI is InChI=1S/C12H11NO2/c1-15-11-5-2-9(3-6-11)12-7-4-10(8-14)13-12/h2-8,13H,1H3. The van der Waals surface area contributed by atoms with Gasteiger partial charge in [0.15, 0.2) is 6.29 Å². The number of methoxy groups -OCH3 is 1. The van der Waals surface area contributed by atoms with Gasteiger partial charge in [-0.2, -0.15) is 0 Å². The van der Waals surface area contributed by atoms with Gasteiger partial charge in [-0.15, -0.1) is 0 Å². The third-order valence-electron chi connectivity index (χ3n) is 2.24. The number of rotatable bonds is 3. The molecular formula is C12H11NO2. The van der Waals surface area contributed by atoms with Crippen molar-refractivity contribution in [2.45, 2.75) is 0 Å². The van der Waals surface area contributed by atoms with E-state index in [1.807, 2.05) is 30.3 Å². The minimum Gasteiger partial charge on any atom is -0.497 e. The molecule has 1 heterocycles. The van der Waals surface area contributed by atoms with Gasteiger partial charge in [-0.05, 0) is 42.0 Å². The molecule has 0 saturated carbocycles. The molecule has 1 aromatic heterocycles. The predicted octanol–water partition coefficient (Wildman–Crippen LogP) is 2.50. The van der Waals surface area contributed by atoms with E-state index in [9.17, 15) is 4.79 Å². The van der Waals surface area contributed by atoms with Crippen LogP contribution in [0.25, 0.3) is 11.3 Å². The maximum absolute atomic E-state index is 10.5. The molecule has 0 saturated heterocycles. The van der Waals surface area contributed by atoms with Crippen LogP contribution in [0.4, 0.5) is 0 Å². The Kier molecular flexibility index (Phi) is 2.54. The van der Waals surface area contributed by atoms with Crippen LogP contribution in [0.15, 0.2) is 36.4 Å². The van der Waals surface area contributed by atoms with E-state index in [1.165, 1.54) is 0 Å². The Labute approximate surface area is 87.7 Å². The van der Waals surface area contributed by atoms with E-state index in [1.54, 1.807) is 13.2 Å². The minimum absolute atomic E-state index is 0.584. The van der Waals surface area contributed by atoms with Crippen molar-refractivity contribution in [2.24, 2.45) is 0 Å². The maximum Gasteiger partial charge on any atom is 0.166 e. The number of ether oxygens (including phenoxy) is 1. The molecule has 0 unspecified atom stereocenters. The molecule has 0 radical (unpaired) electrons. The van der Waals surface area contributed by atoms with Gasteiger partial charge in [0, 0.05) is 5.69 Å². The molecule has 0 aliphatic carbocycles. The van der Waals surface area contributed by atoms with Gasteiger partial charge in [0.05, 0.1) is 12.8 Å². The Balaban J connectivity index is 2.32. The van der Waals surface area contributed by atoms with Gasteiger partial charge >= 0.3 is 0 Å². The number of H-pyrrole nitrogens is 1. The highest BCUT2D eigenvalue weighted by molar-refractivity contribution is 5.75. The number of carbonyl (C=O) groups is 1. The second kappa shape index (κ2) is 4.00. The van der Waals surface area contributed by atoms with Crippen molar-refractivity contribution in [1.29, 1.82) is 0 Å². The Morgan fingerprint density at radius 3 is 2.40 bits per heavy atom. The van der Waals surface area contributed by atoms with E-state index in [0.29, 0.717) is 5.69 Å². The minimum atomic E-state index is 0.584. The van der Waals surface area contributed by atoms with Crippen molar-refractivity contribution < 1.29 is 9.53 Å². The highest BCUT2D eigenvalue weighted by Gasteiger charge is 2.00. The molecule has 0 amide bonds. The van der Waals surface area contributed by atoms with E-state index in [0.717, 1.165) is 23.3 Å². The number of aldehydes is 1. The van der Waals surface area contributed by atoms with Crippen LogP contribution in [-0.2, 0) is 0 Å². The zero-order valence-corrected chi connectivity index (χ0v) is 8.36. The molecule has 2 aromatic rings. The van der Waals surface area contributed by atoms with E-state index >= 15 is 0 Å². The fraction of sp³-hybridized carbons (Fsp3) is 0.0833. The molecule has 0 fully saturated rings. The summed E-state index contributed by atoms with van der Waals surface area (Å²) in [5.74, 6) is 0.820. The van der Waals surface area contributed by atoms with Crippen LogP contribution in [-0.4, -0.2) is 18.4 Å². The second-order valence-corrected chi connectivity index (χ2v) is 3.17. The summed E-state index contributed by atoms with van der Waals surface area (Å²) in [4.78, 5) is 13.5. The monoisotopic (exact) mass is 201 g/mol. The fourth-order valence-corrected chi connectivity index (χ4v) is 1.42. The lowest BCUT2D eigenvalue weighted by Crippen LogP contribution is -1.83. The highest BCUT2D eigenvalue weighted by Crippen LogP contribution is 2.21. The molecule has 0 aliphatic rings. The maximum atomic E-state index is 10.5. The lowest BCUT2D eigenvalue weighted by atomic mass is 10.1. The molecule has 1 aromatic carbocycles. The number of benzene rings is 1. The van der Waals surface area contributed by atoms with Crippen molar-refractivity contribution in [2.75, 3.05) is 7.11 Å². The summed E-state index contributed by atoms with van der Waals surface area (Å²) < 4.78 is 5.07. The Hall–Kier alpha value is -2.03. The molecule has 0 spiro atoms. The van der Waals surface area contributed by atoms with Gasteiger partial charge in [0.2, 0.25) is 0 Å². The van der Waals surface area contributed by atoms with Crippen LogP contribution in [0.2, 0.25) is 0 Å². The average Bonchev–Trinajstić information content (AvgIpc) is 2.78. The third kappa shape index (κ3) is 1.91. The SMILES string of the molecule is COc1ccc(-c2ccc(C=O)[nH]2)cc1. The number of hydrogen-bond acceptors (Lipinski definition) is 2. The van der Waals surface area contributed by atoms with Gasteiger partial charge in [0.25, 0.3) is 0 Å². The third-order valence-corrected chi connectivity index (χ3v) is 2.24. The summed E-state index contributed by atoms with van der Waals surface area (Å²) in [5.41, 5.74) is 2.55. The van der Waals surface area contributed by atoms with Crippen LogP contribution >= 0.6 is 0 Å². The van der Waals surface area contributed by atoms with Crippen LogP contribution in [0.5, 0.6) is 5.75 Å². The van der Waals surface area contributed by atoms with Crippen molar-refractivity contribution in [1.82, 2.24) is 4.98 Å². The van der Waals surface area contributed by atoms with Crippen LogP contribution in [0, 0.1) is 0 Å². The first-order chi connectivity index (χ1) is 7.33. The number of hydrogen-bond donors (Lipinski definition) is 1. The topological polar surface area (TPSA) is 42.1 Å². The molecule has 76 valence electrons. The summed E-state index contributed by atoms with van der Waals surface area (Å²) in [6, 6.07) is 11.3. The number of nitrogens with one attached hydrogen (secondary N) is 1. The smallest absolute Gasteiger partial charge is 0.166 e. The van der Waals surface area contributed by atoms with Crippen LogP contribution in [0.1, 0.15) is 10.5 Å². The van der Waals surface area contributed by atoms with E-state index < -0.39 is 0 Å². The summed E-state index contributed by atoms with van der Waals surface area (Å²) in [6.07, 6.45) is 0.799. The van der Waals surface area contributed by atoms with Gasteiger partial charge < -0.3 is 9.72 Å². The van der Waals surface area contributed by atoms with Crippen LogP contribution < -0.4 is 4.74 Å². The normalized spacial score (nSPS) is 9.93. The Morgan fingerprint density at radius 1 is 1.13 bits per heavy atom. The Bertz CT molecular complexity index is 457. The largest absolute Gasteiger partial charge is 0.497 e.